The molecule has 3 heterocycles. The Balaban J connectivity index is 1.48. The van der Waals surface area contributed by atoms with Gasteiger partial charge in [-0.25, -0.2) is 4.98 Å². The maximum Gasteiger partial charge on any atom is 0.263 e. The molecule has 1 aliphatic carbocycles. The number of fused-ring (bicyclic) bond motifs is 3. The smallest absolute Gasteiger partial charge is 0.263 e. The summed E-state index contributed by atoms with van der Waals surface area (Å²) in [6.07, 6.45) is 7.30. The zero-order chi connectivity index (χ0) is 21.2. The third-order valence-corrected chi connectivity index (χ3v) is 8.44. The Morgan fingerprint density at radius 3 is 2.65 bits per heavy atom. The molecule has 31 heavy (non-hydrogen) atoms. The molecule has 0 N–H and O–H groups in total. The van der Waals surface area contributed by atoms with Crippen molar-refractivity contribution in [2.24, 2.45) is 0 Å². The summed E-state index contributed by atoms with van der Waals surface area (Å²) < 4.78 is 1.82. The summed E-state index contributed by atoms with van der Waals surface area (Å²) in [4.78, 5) is 35.3. The average Bonchev–Trinajstić information content (AvgIpc) is 3.45. The van der Waals surface area contributed by atoms with Crippen molar-refractivity contribution >= 4 is 39.2 Å². The average molecular weight is 454 g/mol. The van der Waals surface area contributed by atoms with E-state index in [1.807, 2.05) is 27.7 Å². The number of aryl methyl sites for hydroxylation is 3. The quantitative estimate of drug-likeness (QED) is 0.413. The minimum atomic E-state index is 0.0662. The molecule has 0 bridgehead atoms. The predicted octanol–water partition coefficient (Wildman–Crippen LogP) is 4.29. The molecule has 1 aromatic carbocycles. The van der Waals surface area contributed by atoms with E-state index in [4.69, 9.17) is 4.98 Å². The van der Waals surface area contributed by atoms with Crippen LogP contribution in [-0.2, 0) is 30.6 Å². The molecule has 5 rings (SSSR count). The van der Waals surface area contributed by atoms with Gasteiger partial charge in [0.2, 0.25) is 5.91 Å². The van der Waals surface area contributed by atoms with Crippen LogP contribution in [0.25, 0.3) is 10.2 Å². The summed E-state index contributed by atoms with van der Waals surface area (Å²) in [6.45, 7) is 2.28. The van der Waals surface area contributed by atoms with Crippen LogP contribution in [0.15, 0.2) is 40.3 Å². The number of benzene rings is 1. The zero-order valence-corrected chi connectivity index (χ0v) is 19.3. The van der Waals surface area contributed by atoms with Crippen molar-refractivity contribution in [3.63, 3.8) is 0 Å². The Hall–Kier alpha value is -2.12. The second-order valence-corrected chi connectivity index (χ2v) is 10.4. The van der Waals surface area contributed by atoms with E-state index >= 15 is 0 Å². The number of thioether (sulfide) groups is 1. The number of carbonyl (C=O) groups excluding carboxylic acids is 1. The molecule has 0 atom stereocenters. The van der Waals surface area contributed by atoms with Crippen LogP contribution in [-0.4, -0.2) is 39.2 Å². The molecule has 5 nitrogen and oxygen atoms in total. The van der Waals surface area contributed by atoms with Crippen LogP contribution < -0.4 is 5.56 Å². The Labute approximate surface area is 190 Å². The number of hydrogen-bond acceptors (Lipinski definition) is 5. The van der Waals surface area contributed by atoms with Gasteiger partial charge in [0.1, 0.15) is 4.83 Å². The lowest BCUT2D eigenvalue weighted by Crippen LogP contribution is -2.30. The van der Waals surface area contributed by atoms with Gasteiger partial charge in [-0.15, -0.1) is 11.3 Å². The Morgan fingerprint density at radius 2 is 1.84 bits per heavy atom. The summed E-state index contributed by atoms with van der Waals surface area (Å²) in [5.74, 6) is 0.492. The molecule has 2 aliphatic rings. The predicted molar refractivity (Wildman–Crippen MR) is 127 cm³/mol. The number of aromatic nitrogens is 2. The first kappa shape index (κ1) is 20.8. The Kier molecular flexibility index (Phi) is 6.14. The molecule has 0 unspecified atom stereocenters. The molecule has 2 aromatic heterocycles. The third-order valence-electron chi connectivity index (χ3n) is 6.29. The number of amides is 1. The number of thiophene rings is 1. The van der Waals surface area contributed by atoms with Gasteiger partial charge in [-0.2, -0.15) is 0 Å². The highest BCUT2D eigenvalue weighted by molar-refractivity contribution is 7.99. The summed E-state index contributed by atoms with van der Waals surface area (Å²) in [5, 5.41) is 1.50. The summed E-state index contributed by atoms with van der Waals surface area (Å²) >= 11 is 3.10. The zero-order valence-electron chi connectivity index (χ0n) is 17.6. The van der Waals surface area contributed by atoms with Crippen LogP contribution >= 0.6 is 23.1 Å². The molecule has 1 amide bonds. The van der Waals surface area contributed by atoms with Gasteiger partial charge < -0.3 is 4.90 Å². The molecular weight excluding hydrogens is 426 g/mol. The van der Waals surface area contributed by atoms with Gasteiger partial charge in [-0.3, -0.25) is 14.2 Å². The lowest BCUT2D eigenvalue weighted by molar-refractivity contribution is -0.127. The Bertz CT molecular complexity index is 1150. The van der Waals surface area contributed by atoms with Gasteiger partial charge in [0.15, 0.2) is 5.16 Å². The second kappa shape index (κ2) is 9.17. The molecule has 7 heteroatoms. The minimum Gasteiger partial charge on any atom is -0.342 e. The topological polar surface area (TPSA) is 55.2 Å². The van der Waals surface area contributed by atoms with Crippen molar-refractivity contribution in [2.75, 3.05) is 18.8 Å². The summed E-state index contributed by atoms with van der Waals surface area (Å²) in [5.41, 5.74) is 2.49. The van der Waals surface area contributed by atoms with E-state index in [9.17, 15) is 9.59 Å². The van der Waals surface area contributed by atoms with E-state index < -0.39 is 0 Å². The van der Waals surface area contributed by atoms with Crippen LogP contribution in [0, 0.1) is 0 Å². The number of likely N-dealkylation sites (tertiary alicyclic amines) is 1. The van der Waals surface area contributed by atoms with Gasteiger partial charge in [0.05, 0.1) is 11.1 Å². The fraction of sp³-hybridized carbons (Fsp3) is 0.458. The molecule has 162 valence electrons. The standard InChI is InChI=1S/C24H27N3O2S2/c28-20(26-13-6-7-14-26)16-30-24-25-22-21(18-10-4-5-11-19(18)31-22)23(29)27(24)15-12-17-8-2-1-3-9-17/h1-3,8-9H,4-7,10-16H2. The van der Waals surface area contributed by atoms with E-state index in [1.165, 1.54) is 34.2 Å². The van der Waals surface area contributed by atoms with Gasteiger partial charge >= 0.3 is 0 Å². The van der Waals surface area contributed by atoms with E-state index in [-0.39, 0.29) is 11.5 Å². The molecular formula is C24H27N3O2S2. The normalized spacial score (nSPS) is 16.1. The lowest BCUT2D eigenvalue weighted by atomic mass is 9.97. The number of nitrogens with zero attached hydrogens (tertiary/aromatic N) is 3. The van der Waals surface area contributed by atoms with Crippen molar-refractivity contribution in [2.45, 2.75) is 56.6 Å². The number of carbonyl (C=O) groups is 1. The molecule has 1 aliphatic heterocycles. The maximum absolute atomic E-state index is 13.6. The molecule has 1 fully saturated rings. The van der Waals surface area contributed by atoms with Gasteiger partial charge in [-0.05, 0) is 56.1 Å². The molecule has 0 spiro atoms. The van der Waals surface area contributed by atoms with Gasteiger partial charge in [-0.1, -0.05) is 42.1 Å². The Morgan fingerprint density at radius 1 is 1.06 bits per heavy atom. The van der Waals surface area contributed by atoms with E-state index in [0.717, 1.165) is 61.8 Å². The summed E-state index contributed by atoms with van der Waals surface area (Å²) in [7, 11) is 0. The molecule has 3 aromatic rings. The first-order valence-corrected chi connectivity index (χ1v) is 13.0. The second-order valence-electron chi connectivity index (χ2n) is 8.35. The molecule has 0 radical (unpaired) electrons. The summed E-state index contributed by atoms with van der Waals surface area (Å²) in [6, 6.07) is 10.2. The van der Waals surface area contributed by atoms with Crippen LogP contribution in [0.1, 0.15) is 41.7 Å². The highest BCUT2D eigenvalue weighted by Gasteiger charge is 2.23. The van der Waals surface area contributed by atoms with Crippen molar-refractivity contribution in [3.05, 3.63) is 56.7 Å². The monoisotopic (exact) mass is 453 g/mol. The fourth-order valence-corrected chi connectivity index (χ4v) is 6.83. The van der Waals surface area contributed by atoms with Crippen molar-refractivity contribution in [3.8, 4) is 0 Å². The van der Waals surface area contributed by atoms with Crippen LogP contribution in [0.2, 0.25) is 0 Å². The highest BCUT2D eigenvalue weighted by atomic mass is 32.2. The maximum atomic E-state index is 13.6. The first-order chi connectivity index (χ1) is 15.2. The number of rotatable bonds is 6. The largest absolute Gasteiger partial charge is 0.342 e. The van der Waals surface area contributed by atoms with Crippen LogP contribution in [0.5, 0.6) is 0 Å². The minimum absolute atomic E-state index is 0.0662. The molecule has 1 saturated heterocycles. The van der Waals surface area contributed by atoms with Gasteiger partial charge in [0.25, 0.3) is 5.56 Å². The van der Waals surface area contributed by atoms with Gasteiger partial charge in [0, 0.05) is 24.5 Å². The van der Waals surface area contributed by atoms with Crippen molar-refractivity contribution in [1.82, 2.24) is 14.5 Å². The third kappa shape index (κ3) is 4.30. The van der Waals surface area contributed by atoms with Crippen molar-refractivity contribution in [1.29, 1.82) is 0 Å². The molecule has 0 saturated carbocycles. The van der Waals surface area contributed by atoms with E-state index in [2.05, 4.69) is 12.1 Å². The first-order valence-electron chi connectivity index (χ1n) is 11.2. The van der Waals surface area contributed by atoms with Crippen LogP contribution in [0.3, 0.4) is 0 Å². The fourth-order valence-electron chi connectivity index (χ4n) is 4.60. The number of hydrogen-bond donors (Lipinski definition) is 0. The highest BCUT2D eigenvalue weighted by Crippen LogP contribution is 2.34. The van der Waals surface area contributed by atoms with E-state index in [1.54, 1.807) is 11.3 Å². The lowest BCUT2D eigenvalue weighted by Gasteiger charge is -2.16. The van der Waals surface area contributed by atoms with Crippen molar-refractivity contribution < 1.29 is 4.79 Å². The van der Waals surface area contributed by atoms with Crippen LogP contribution in [0.4, 0.5) is 0 Å². The SMILES string of the molecule is O=C(CSc1nc2sc3c(c2c(=O)n1CCc1ccccc1)CCCC3)N1CCCC1. The van der Waals surface area contributed by atoms with E-state index in [0.29, 0.717) is 17.5 Å².